The first-order chi connectivity index (χ1) is 16.2. The first-order valence-electron chi connectivity index (χ1n) is 10.3. The number of rotatable bonds is 7. The van der Waals surface area contributed by atoms with Crippen LogP contribution in [0.2, 0.25) is 0 Å². The van der Waals surface area contributed by atoms with Crippen LogP contribution in [0.1, 0.15) is 17.5 Å². The van der Waals surface area contributed by atoms with E-state index in [1.807, 2.05) is 0 Å². The summed E-state index contributed by atoms with van der Waals surface area (Å²) in [6, 6.07) is 15.8. The number of fused-ring (bicyclic) bond motifs is 1. The van der Waals surface area contributed by atoms with Crippen molar-refractivity contribution in [2.24, 2.45) is 4.99 Å². The van der Waals surface area contributed by atoms with Gasteiger partial charge in [0.05, 0.1) is 6.54 Å². The molecule has 2 amide bonds. The fraction of sp³-hybridized carbons (Fsp3) is 0.318. The van der Waals surface area contributed by atoms with Gasteiger partial charge in [-0.2, -0.15) is 5.01 Å². The molecule has 2 aliphatic rings. The predicted molar refractivity (Wildman–Crippen MR) is 113 cm³/mol. The predicted octanol–water partition coefficient (Wildman–Crippen LogP) is 2.35. The van der Waals surface area contributed by atoms with Gasteiger partial charge in [-0.15, -0.1) is 18.0 Å². The van der Waals surface area contributed by atoms with Crippen molar-refractivity contribution >= 4 is 17.7 Å². The molecule has 12 heteroatoms. The number of carbonyl (C=O) groups excluding carboxylic acids is 1. The number of benzene rings is 1. The zero-order chi connectivity index (χ0) is 24.5. The van der Waals surface area contributed by atoms with E-state index in [0.717, 1.165) is 16.6 Å². The molecule has 4 rings (SSSR count). The van der Waals surface area contributed by atoms with E-state index in [1.165, 1.54) is 22.9 Å². The monoisotopic (exact) mass is 475 g/mol. The van der Waals surface area contributed by atoms with Crippen molar-refractivity contribution in [3.8, 4) is 5.75 Å². The molecule has 0 fully saturated rings. The summed E-state index contributed by atoms with van der Waals surface area (Å²) in [6.07, 6.45) is -5.89. The van der Waals surface area contributed by atoms with Gasteiger partial charge in [0.15, 0.2) is 5.75 Å². The molecule has 0 spiro atoms. The van der Waals surface area contributed by atoms with E-state index in [-0.39, 0.29) is 43.4 Å². The molecule has 9 nitrogen and oxygen atoms in total. The van der Waals surface area contributed by atoms with Crippen LogP contribution in [0.5, 0.6) is 5.75 Å². The highest BCUT2D eigenvalue weighted by molar-refractivity contribution is 6.15. The van der Waals surface area contributed by atoms with Crippen LogP contribution in [0.15, 0.2) is 47.5 Å². The number of likely N-dealkylation sites (N-methyl/N-ethyl adjacent to an activating group) is 1. The van der Waals surface area contributed by atoms with Crippen LogP contribution >= 0.6 is 0 Å². The number of hydrogen-bond donors (Lipinski definition) is 1. The van der Waals surface area contributed by atoms with Gasteiger partial charge in [0.1, 0.15) is 12.1 Å². The fourth-order valence-electron chi connectivity index (χ4n) is 3.72. The number of aliphatic imine (C=N–C) groups is 1. The molecule has 178 valence electrons. The lowest BCUT2D eigenvalue weighted by atomic mass is 10.1. The molecule has 0 radical (unpaired) electrons. The Hall–Kier alpha value is -3.98. The van der Waals surface area contributed by atoms with Gasteiger partial charge in [-0.05, 0) is 24.1 Å². The Balaban J connectivity index is 1.84. The van der Waals surface area contributed by atoms with Crippen molar-refractivity contribution < 1.29 is 32.7 Å². The normalized spacial score (nSPS) is 18.1. The van der Waals surface area contributed by atoms with Crippen molar-refractivity contribution in [1.29, 1.82) is 0 Å². The summed E-state index contributed by atoms with van der Waals surface area (Å²) < 4.78 is 43.3. The summed E-state index contributed by atoms with van der Waals surface area (Å²) in [5, 5.41) is 23.4. The Morgan fingerprint density at radius 3 is 2.68 bits per heavy atom. The Morgan fingerprint density at radius 1 is 1.26 bits per heavy atom. The summed E-state index contributed by atoms with van der Waals surface area (Å²) >= 11 is 0. The minimum Gasteiger partial charge on any atom is -0.692 e. The van der Waals surface area contributed by atoms with Crippen LogP contribution < -0.4 is 4.74 Å². The lowest BCUT2D eigenvalue weighted by Gasteiger charge is -2.37. The standard InChI is InChI=1S/C22H20F3N5O4/c1-27-19-20(30(33)29(21(27)32)12-7-13-31)28(14-15-8-3-2-4-9-15)18(26-19)16-10-5-6-11-17(16)34-22(23,24)25/h2-4,6,8-9,11,19,31H,7,12-14H2,1H3. The lowest BCUT2D eigenvalue weighted by Crippen LogP contribution is -2.61. The molecular weight excluding hydrogens is 455 g/mol. The van der Waals surface area contributed by atoms with Gasteiger partial charge in [0.2, 0.25) is 12.0 Å². The Kier molecular flexibility index (Phi) is 6.21. The van der Waals surface area contributed by atoms with Crippen LogP contribution in [0, 0.1) is 17.3 Å². The highest BCUT2D eigenvalue weighted by Crippen LogP contribution is 2.31. The second-order valence-electron chi connectivity index (χ2n) is 7.51. The molecule has 0 aromatic heterocycles. The van der Waals surface area contributed by atoms with Crippen molar-refractivity contribution in [2.75, 3.05) is 20.2 Å². The summed E-state index contributed by atoms with van der Waals surface area (Å²) in [4.78, 5) is 20.3. The summed E-state index contributed by atoms with van der Waals surface area (Å²) in [6.45, 7) is -0.210. The number of carbonyl (C=O) groups is 1. The number of hydrogen-bond acceptors (Lipinski definition) is 6. The molecule has 2 heterocycles. The number of halogens is 3. The van der Waals surface area contributed by atoms with E-state index in [9.17, 15) is 23.2 Å². The SMILES string of the molecule is CN1C(=O)N(CCCO)[N+]([O-])=C2C1N=C(c1c#cccc1OC(F)(F)F)N2Cc1ccccc1. The van der Waals surface area contributed by atoms with Crippen LogP contribution in [-0.4, -0.2) is 75.2 Å². The van der Waals surface area contributed by atoms with E-state index in [0.29, 0.717) is 4.85 Å². The maximum atomic E-state index is 13.3. The van der Waals surface area contributed by atoms with Crippen LogP contribution in [0.3, 0.4) is 0 Å². The van der Waals surface area contributed by atoms with Crippen molar-refractivity contribution in [3.63, 3.8) is 0 Å². The lowest BCUT2D eigenvalue weighted by molar-refractivity contribution is -0.624. The quantitative estimate of drug-likeness (QED) is 0.490. The maximum absolute atomic E-state index is 13.3. The second-order valence-corrected chi connectivity index (χ2v) is 7.51. The van der Waals surface area contributed by atoms with E-state index < -0.39 is 24.3 Å². The van der Waals surface area contributed by atoms with Gasteiger partial charge in [0, 0.05) is 13.7 Å². The number of nitrogens with zero attached hydrogens (tertiary/aromatic N) is 5. The Morgan fingerprint density at radius 2 is 2.00 bits per heavy atom. The smallest absolute Gasteiger partial charge is 0.573 e. The third kappa shape index (κ3) is 4.42. The molecule has 0 saturated heterocycles. The van der Waals surface area contributed by atoms with Gasteiger partial charge in [-0.25, -0.2) is 14.7 Å². The number of hydrazone groups is 1. The summed E-state index contributed by atoms with van der Waals surface area (Å²) in [7, 11) is 1.44. The molecule has 2 aromatic rings. The zero-order valence-electron chi connectivity index (χ0n) is 18.0. The molecular formula is C22H20F3N5O4. The number of amides is 2. The molecule has 2 aliphatic heterocycles. The summed E-state index contributed by atoms with van der Waals surface area (Å²) in [5.74, 6) is -0.565. The van der Waals surface area contributed by atoms with Gasteiger partial charge < -0.3 is 15.1 Å². The highest BCUT2D eigenvalue weighted by atomic mass is 19.4. The van der Waals surface area contributed by atoms with Crippen molar-refractivity contribution in [1.82, 2.24) is 14.8 Å². The van der Waals surface area contributed by atoms with E-state index in [4.69, 9.17) is 5.11 Å². The van der Waals surface area contributed by atoms with Gasteiger partial charge in [-0.1, -0.05) is 42.5 Å². The third-order valence-electron chi connectivity index (χ3n) is 5.23. The molecule has 1 unspecified atom stereocenters. The average Bonchev–Trinajstić information content (AvgIpc) is 3.17. The van der Waals surface area contributed by atoms with E-state index in [1.54, 1.807) is 30.3 Å². The number of urea groups is 1. The second kappa shape index (κ2) is 9.11. The zero-order valence-corrected chi connectivity index (χ0v) is 18.0. The number of amidine groups is 2. The van der Waals surface area contributed by atoms with E-state index in [2.05, 4.69) is 21.9 Å². The molecule has 0 saturated carbocycles. The van der Waals surface area contributed by atoms with Crippen molar-refractivity contribution in [3.05, 3.63) is 70.9 Å². The van der Waals surface area contributed by atoms with Crippen LogP contribution in [0.25, 0.3) is 0 Å². The minimum absolute atomic E-state index is 0.0223. The van der Waals surface area contributed by atoms with E-state index >= 15 is 0 Å². The van der Waals surface area contributed by atoms with Gasteiger partial charge >= 0.3 is 18.2 Å². The first kappa shape index (κ1) is 23.2. The number of ether oxygens (including phenoxy) is 1. The average molecular weight is 475 g/mol. The van der Waals surface area contributed by atoms with Crippen molar-refractivity contribution in [2.45, 2.75) is 25.5 Å². The topological polar surface area (TPSA) is 94.7 Å². The maximum Gasteiger partial charge on any atom is 0.573 e. The molecule has 0 aliphatic carbocycles. The number of alkyl halides is 3. The van der Waals surface area contributed by atoms with Gasteiger partial charge in [-0.3, -0.25) is 4.90 Å². The minimum atomic E-state index is -4.97. The Bertz CT molecular complexity index is 1120. The number of hydrazine groups is 1. The molecule has 0 bridgehead atoms. The van der Waals surface area contributed by atoms with Crippen LogP contribution in [0.4, 0.5) is 18.0 Å². The molecule has 1 N–H and O–H groups in total. The highest BCUT2D eigenvalue weighted by Gasteiger charge is 2.51. The fourth-order valence-corrected chi connectivity index (χ4v) is 3.72. The molecule has 2 aromatic carbocycles. The number of aliphatic hydroxyl groups is 1. The summed E-state index contributed by atoms with van der Waals surface area (Å²) in [5.41, 5.74) is 0.588. The largest absolute Gasteiger partial charge is 0.692 e. The third-order valence-corrected chi connectivity index (χ3v) is 5.23. The van der Waals surface area contributed by atoms with Gasteiger partial charge in [0.25, 0.3) is 0 Å². The van der Waals surface area contributed by atoms with Crippen LogP contribution in [-0.2, 0) is 6.54 Å². The Labute approximate surface area is 193 Å². The molecule has 1 atom stereocenters. The number of aliphatic hydroxyl groups excluding tert-OH is 1. The molecule has 34 heavy (non-hydrogen) atoms. The first-order valence-corrected chi connectivity index (χ1v) is 10.3.